The van der Waals surface area contributed by atoms with Crippen molar-refractivity contribution in [2.24, 2.45) is 0 Å². The average molecular weight is 336 g/mol. The Labute approximate surface area is 145 Å². The lowest BCUT2D eigenvalue weighted by Gasteiger charge is -2.26. The maximum Gasteiger partial charge on any atom is 0.321 e. The summed E-state index contributed by atoms with van der Waals surface area (Å²) in [6.07, 6.45) is 4.35. The predicted molar refractivity (Wildman–Crippen MR) is 97.7 cm³/mol. The molecule has 2 N–H and O–H groups in total. The second-order valence-electron chi connectivity index (χ2n) is 6.23. The average Bonchev–Trinajstić information content (AvgIpc) is 3.31. The topological polar surface area (TPSA) is 77.2 Å². The van der Waals surface area contributed by atoms with Gasteiger partial charge in [0.1, 0.15) is 17.8 Å². The van der Waals surface area contributed by atoms with E-state index in [1.807, 2.05) is 54.5 Å². The number of hydrogen-bond acceptors (Lipinski definition) is 4. The molecule has 4 rings (SSSR count). The first-order valence-corrected chi connectivity index (χ1v) is 8.34. The van der Waals surface area contributed by atoms with Crippen molar-refractivity contribution >= 4 is 28.6 Å². The van der Waals surface area contributed by atoms with Crippen molar-refractivity contribution in [3.05, 3.63) is 48.9 Å². The van der Waals surface area contributed by atoms with Crippen LogP contribution in [0.2, 0.25) is 0 Å². The first kappa shape index (κ1) is 15.4. The van der Waals surface area contributed by atoms with E-state index in [-0.39, 0.29) is 12.1 Å². The normalized spacial score (nSPS) is 17.0. The minimum atomic E-state index is -0.0587. The number of anilines is 2. The van der Waals surface area contributed by atoms with E-state index in [9.17, 15) is 4.79 Å². The van der Waals surface area contributed by atoms with Gasteiger partial charge in [0, 0.05) is 38.1 Å². The highest BCUT2D eigenvalue weighted by Gasteiger charge is 2.30. The Hall–Kier alpha value is -3.09. The number of hydrogen-bond donors (Lipinski definition) is 2. The van der Waals surface area contributed by atoms with Crippen LogP contribution in [0, 0.1) is 0 Å². The smallest absolute Gasteiger partial charge is 0.321 e. The molecule has 0 bridgehead atoms. The van der Waals surface area contributed by atoms with E-state index in [2.05, 4.69) is 25.2 Å². The first-order valence-electron chi connectivity index (χ1n) is 8.34. The van der Waals surface area contributed by atoms with Gasteiger partial charge in [-0.15, -0.1) is 0 Å². The Morgan fingerprint density at radius 3 is 2.96 bits per heavy atom. The zero-order valence-electron chi connectivity index (χ0n) is 14.0. The van der Waals surface area contributed by atoms with Crippen LogP contribution in [-0.2, 0) is 0 Å². The molecule has 0 radical (unpaired) electrons. The number of rotatable bonds is 3. The Balaban J connectivity index is 1.45. The van der Waals surface area contributed by atoms with Crippen LogP contribution in [0.15, 0.2) is 48.9 Å². The molecule has 1 atom stereocenters. The van der Waals surface area contributed by atoms with Crippen LogP contribution >= 0.6 is 0 Å². The zero-order valence-corrected chi connectivity index (χ0v) is 14.0. The van der Waals surface area contributed by atoms with Gasteiger partial charge in [0.05, 0.1) is 5.39 Å². The number of amides is 2. The second-order valence-corrected chi connectivity index (χ2v) is 6.23. The molecular formula is C18H20N6O. The van der Waals surface area contributed by atoms with Crippen LogP contribution in [0.5, 0.6) is 0 Å². The molecule has 7 nitrogen and oxygen atoms in total. The minimum Gasteiger partial charge on any atom is -0.354 e. The molecule has 3 aromatic rings. The summed E-state index contributed by atoms with van der Waals surface area (Å²) >= 11 is 0. The standard InChI is InChI=1S/C18H20N6O/c1-23(17-15-7-9-19-16(15)20-12-21-17)14-8-10-24(11-14)18(25)22-13-5-3-2-4-6-13/h2-7,9,12,14H,8,10-11H2,1H3,(H,22,25)(H,19,20,21). The highest BCUT2D eigenvalue weighted by atomic mass is 16.2. The van der Waals surface area contributed by atoms with E-state index in [1.54, 1.807) is 6.33 Å². The van der Waals surface area contributed by atoms with Gasteiger partial charge in [-0.25, -0.2) is 14.8 Å². The van der Waals surface area contributed by atoms with E-state index >= 15 is 0 Å². The van der Waals surface area contributed by atoms with Crippen molar-refractivity contribution in [3.8, 4) is 0 Å². The number of nitrogens with zero attached hydrogens (tertiary/aromatic N) is 4. The molecule has 3 heterocycles. The van der Waals surface area contributed by atoms with Crippen LogP contribution in [0.25, 0.3) is 11.0 Å². The monoisotopic (exact) mass is 336 g/mol. The molecule has 0 spiro atoms. The lowest BCUT2D eigenvalue weighted by molar-refractivity contribution is 0.222. The fourth-order valence-electron chi connectivity index (χ4n) is 3.28. The quantitative estimate of drug-likeness (QED) is 0.771. The van der Waals surface area contributed by atoms with Gasteiger partial charge in [0.25, 0.3) is 0 Å². The summed E-state index contributed by atoms with van der Waals surface area (Å²) in [5, 5.41) is 3.94. The van der Waals surface area contributed by atoms with Gasteiger partial charge < -0.3 is 20.1 Å². The van der Waals surface area contributed by atoms with Crippen molar-refractivity contribution in [3.63, 3.8) is 0 Å². The molecule has 1 fully saturated rings. The third-order valence-electron chi connectivity index (χ3n) is 4.69. The summed E-state index contributed by atoms with van der Waals surface area (Å²) in [5.41, 5.74) is 1.64. The van der Waals surface area contributed by atoms with Crippen LogP contribution < -0.4 is 10.2 Å². The van der Waals surface area contributed by atoms with Gasteiger partial charge in [-0.3, -0.25) is 0 Å². The van der Waals surface area contributed by atoms with Crippen molar-refractivity contribution in [2.45, 2.75) is 12.5 Å². The number of likely N-dealkylation sites (N-methyl/N-ethyl adjacent to an activating group) is 1. The molecule has 1 aromatic carbocycles. The highest BCUT2D eigenvalue weighted by molar-refractivity contribution is 5.90. The zero-order chi connectivity index (χ0) is 17.2. The van der Waals surface area contributed by atoms with Crippen molar-refractivity contribution in [1.29, 1.82) is 0 Å². The van der Waals surface area contributed by atoms with Gasteiger partial charge in [-0.05, 0) is 24.6 Å². The number of H-pyrrole nitrogens is 1. The molecule has 0 saturated carbocycles. The van der Waals surface area contributed by atoms with Gasteiger partial charge in [-0.1, -0.05) is 18.2 Å². The first-order chi connectivity index (χ1) is 12.2. The van der Waals surface area contributed by atoms with Crippen LogP contribution in [0.4, 0.5) is 16.3 Å². The summed E-state index contributed by atoms with van der Waals surface area (Å²) < 4.78 is 0. The maximum atomic E-state index is 12.5. The van der Waals surface area contributed by atoms with E-state index in [4.69, 9.17) is 0 Å². The van der Waals surface area contributed by atoms with Crippen molar-refractivity contribution < 1.29 is 4.79 Å². The van der Waals surface area contributed by atoms with Gasteiger partial charge in [0.2, 0.25) is 0 Å². The SMILES string of the molecule is CN(c1ncnc2[nH]ccc12)C1CCN(C(=O)Nc2ccccc2)C1. The largest absolute Gasteiger partial charge is 0.354 e. The number of benzene rings is 1. The maximum absolute atomic E-state index is 12.5. The van der Waals surface area contributed by atoms with Crippen molar-refractivity contribution in [1.82, 2.24) is 19.9 Å². The molecule has 1 aliphatic rings. The number of para-hydroxylation sites is 1. The van der Waals surface area contributed by atoms with E-state index < -0.39 is 0 Å². The Morgan fingerprint density at radius 1 is 1.28 bits per heavy atom. The number of likely N-dealkylation sites (tertiary alicyclic amines) is 1. The van der Waals surface area contributed by atoms with Crippen LogP contribution in [-0.4, -0.2) is 52.1 Å². The number of aromatic amines is 1. The fourth-order valence-corrected chi connectivity index (χ4v) is 3.28. The number of aromatic nitrogens is 3. The Morgan fingerprint density at radius 2 is 2.12 bits per heavy atom. The number of carbonyl (C=O) groups is 1. The summed E-state index contributed by atoms with van der Waals surface area (Å²) in [5.74, 6) is 0.890. The van der Waals surface area contributed by atoms with Crippen LogP contribution in [0.3, 0.4) is 0 Å². The summed E-state index contributed by atoms with van der Waals surface area (Å²) in [6.45, 7) is 1.40. The van der Waals surface area contributed by atoms with Gasteiger partial charge in [-0.2, -0.15) is 0 Å². The van der Waals surface area contributed by atoms with Crippen molar-refractivity contribution in [2.75, 3.05) is 30.4 Å². The second kappa shape index (κ2) is 6.43. The lowest BCUT2D eigenvalue weighted by Crippen LogP contribution is -2.38. The number of carbonyl (C=O) groups excluding carboxylic acids is 1. The number of nitrogens with one attached hydrogen (secondary N) is 2. The van der Waals surface area contributed by atoms with E-state index in [1.165, 1.54) is 0 Å². The molecule has 1 saturated heterocycles. The summed E-state index contributed by atoms with van der Waals surface area (Å²) in [6, 6.07) is 11.7. The van der Waals surface area contributed by atoms with Gasteiger partial charge >= 0.3 is 6.03 Å². The summed E-state index contributed by atoms with van der Waals surface area (Å²) in [7, 11) is 2.03. The molecular weight excluding hydrogens is 316 g/mol. The number of urea groups is 1. The molecule has 2 amide bonds. The number of fused-ring (bicyclic) bond motifs is 1. The molecule has 1 unspecified atom stereocenters. The third-order valence-corrected chi connectivity index (χ3v) is 4.69. The predicted octanol–water partition coefficient (Wildman–Crippen LogP) is 2.70. The molecule has 1 aliphatic heterocycles. The molecule has 25 heavy (non-hydrogen) atoms. The fraction of sp³-hybridized carbons (Fsp3) is 0.278. The van der Waals surface area contributed by atoms with E-state index in [0.717, 1.165) is 35.5 Å². The summed E-state index contributed by atoms with van der Waals surface area (Å²) in [4.78, 5) is 28.2. The Bertz CT molecular complexity index is 877. The van der Waals surface area contributed by atoms with Crippen LogP contribution in [0.1, 0.15) is 6.42 Å². The molecule has 0 aliphatic carbocycles. The van der Waals surface area contributed by atoms with Gasteiger partial charge in [0.15, 0.2) is 0 Å². The molecule has 128 valence electrons. The highest BCUT2D eigenvalue weighted by Crippen LogP contribution is 2.26. The Kier molecular flexibility index (Phi) is 3.97. The lowest BCUT2D eigenvalue weighted by atomic mass is 10.2. The molecule has 7 heteroatoms. The van der Waals surface area contributed by atoms with E-state index in [0.29, 0.717) is 6.54 Å². The molecule has 2 aromatic heterocycles. The third kappa shape index (κ3) is 3.00. The minimum absolute atomic E-state index is 0.0587.